The molecule has 0 fully saturated rings. The monoisotopic (exact) mass is 296 g/mol. The van der Waals surface area contributed by atoms with Crippen LogP contribution in [0.3, 0.4) is 0 Å². The van der Waals surface area contributed by atoms with Gasteiger partial charge in [-0.1, -0.05) is 19.8 Å². The largest absolute Gasteiger partial charge is 0.450 e. The second-order valence-electron chi connectivity index (χ2n) is 3.48. The highest BCUT2D eigenvalue weighted by Gasteiger charge is 1.93. The summed E-state index contributed by atoms with van der Waals surface area (Å²) in [5, 5.41) is 16.7. The molecule has 8 nitrogen and oxygen atoms in total. The molecule has 0 aromatic rings. The maximum atomic E-state index is 9.60. The van der Waals surface area contributed by atoms with Crippen molar-refractivity contribution in [3.8, 4) is 0 Å². The van der Waals surface area contributed by atoms with E-state index in [0.29, 0.717) is 19.6 Å². The molecule has 122 valence electrons. The van der Waals surface area contributed by atoms with Crippen LogP contribution < -0.4 is 11.5 Å². The van der Waals surface area contributed by atoms with Crippen molar-refractivity contribution in [3.63, 3.8) is 0 Å². The summed E-state index contributed by atoms with van der Waals surface area (Å²) >= 11 is 0. The van der Waals surface area contributed by atoms with Gasteiger partial charge in [-0.2, -0.15) is 0 Å². The molecule has 0 unspecified atom stereocenters. The van der Waals surface area contributed by atoms with Crippen LogP contribution in [0.4, 0.5) is 9.59 Å². The van der Waals surface area contributed by atoms with E-state index in [2.05, 4.69) is 27.9 Å². The summed E-state index contributed by atoms with van der Waals surface area (Å²) in [6.45, 7) is 6.20. The Bertz CT molecular complexity index is 208. The summed E-state index contributed by atoms with van der Waals surface area (Å²) in [5.74, 6) is 0. The minimum atomic E-state index is -1.10. The molecule has 0 aliphatic carbocycles. The van der Waals surface area contributed by atoms with Crippen LogP contribution >= 0.6 is 0 Å². The molecule has 0 rings (SSSR count). The number of hydrogen-bond acceptors (Lipinski definition) is 6. The van der Waals surface area contributed by atoms with E-state index in [0.717, 1.165) is 19.3 Å². The second kappa shape index (κ2) is 19.8. The molecule has 0 aliphatic heterocycles. The Labute approximate surface area is 120 Å². The molecule has 2 amide bonds. The van der Waals surface area contributed by atoms with Gasteiger partial charge in [0.25, 0.3) is 0 Å². The van der Waals surface area contributed by atoms with Crippen LogP contribution in [0.5, 0.6) is 0 Å². The number of rotatable bonds is 6. The normalized spacial score (nSPS) is 8.70. The lowest BCUT2D eigenvalue weighted by atomic mass is 10.2. The van der Waals surface area contributed by atoms with Gasteiger partial charge in [-0.25, -0.2) is 9.59 Å². The molecule has 0 spiro atoms. The molecule has 0 radical (unpaired) electrons. The predicted octanol–water partition coefficient (Wildman–Crippen LogP) is 1.08. The summed E-state index contributed by atoms with van der Waals surface area (Å²) in [6.07, 6.45) is 1.16. The van der Waals surface area contributed by atoms with Crippen LogP contribution in [0.2, 0.25) is 0 Å². The Morgan fingerprint density at radius 2 is 1.35 bits per heavy atom. The lowest BCUT2D eigenvalue weighted by molar-refractivity contribution is -0.0465. The van der Waals surface area contributed by atoms with E-state index in [1.807, 2.05) is 0 Å². The predicted molar refractivity (Wildman–Crippen MR) is 74.8 cm³/mol. The zero-order valence-corrected chi connectivity index (χ0v) is 12.5. The van der Waals surface area contributed by atoms with E-state index in [4.69, 9.17) is 10.2 Å². The fourth-order valence-corrected chi connectivity index (χ4v) is 0.861. The van der Waals surface area contributed by atoms with E-state index in [-0.39, 0.29) is 0 Å². The highest BCUT2D eigenvalue weighted by atomic mass is 16.5. The number of ether oxygens (including phenoxy) is 2. The Kier molecular flexibility index (Phi) is 23.3. The maximum absolute atomic E-state index is 9.60. The number of aliphatic hydroxyl groups is 2. The van der Waals surface area contributed by atoms with Crippen molar-refractivity contribution in [1.29, 1.82) is 0 Å². The molecule has 0 bridgehead atoms. The first-order chi connectivity index (χ1) is 9.31. The van der Waals surface area contributed by atoms with Crippen molar-refractivity contribution in [2.24, 2.45) is 11.5 Å². The number of unbranched alkanes of at least 4 members (excludes halogenated alkanes) is 2. The number of carbonyl (C=O) groups excluding carboxylic acids is 2. The van der Waals surface area contributed by atoms with E-state index in [9.17, 15) is 9.59 Å². The molecule has 0 aliphatic rings. The molecule has 0 atom stereocenters. The van der Waals surface area contributed by atoms with Crippen molar-refractivity contribution in [2.75, 3.05) is 13.2 Å². The Morgan fingerprint density at radius 1 is 0.950 bits per heavy atom. The highest BCUT2D eigenvalue weighted by molar-refractivity contribution is 5.64. The van der Waals surface area contributed by atoms with Crippen molar-refractivity contribution < 1.29 is 29.3 Å². The molecule has 8 heteroatoms. The Balaban J connectivity index is -0.000000221. The average Bonchev–Trinajstić information content (AvgIpc) is 2.30. The minimum Gasteiger partial charge on any atom is -0.450 e. The van der Waals surface area contributed by atoms with Gasteiger partial charge in [0.1, 0.15) is 0 Å². The fourth-order valence-electron chi connectivity index (χ4n) is 0.861. The van der Waals surface area contributed by atoms with Crippen molar-refractivity contribution in [2.45, 2.75) is 52.7 Å². The van der Waals surface area contributed by atoms with Gasteiger partial charge in [0.05, 0.1) is 13.2 Å². The smallest absolute Gasteiger partial charge is 0.404 e. The minimum absolute atomic E-state index is 0.356. The van der Waals surface area contributed by atoms with Crippen LogP contribution in [-0.4, -0.2) is 41.9 Å². The third kappa shape index (κ3) is 44.0. The molecule has 0 saturated carbocycles. The summed E-state index contributed by atoms with van der Waals surface area (Å²) in [7, 11) is 0. The van der Waals surface area contributed by atoms with Gasteiger partial charge in [-0.15, -0.1) is 0 Å². The van der Waals surface area contributed by atoms with Gasteiger partial charge >= 0.3 is 12.2 Å². The third-order valence-electron chi connectivity index (χ3n) is 1.64. The van der Waals surface area contributed by atoms with Crippen molar-refractivity contribution >= 4 is 12.2 Å². The highest BCUT2D eigenvalue weighted by Crippen LogP contribution is 1.99. The molecule has 0 aromatic heterocycles. The third-order valence-corrected chi connectivity index (χ3v) is 1.64. The maximum Gasteiger partial charge on any atom is 0.404 e. The number of amides is 2. The van der Waals surface area contributed by atoms with Gasteiger partial charge in [-0.05, 0) is 26.7 Å². The van der Waals surface area contributed by atoms with E-state index in [1.54, 1.807) is 13.8 Å². The van der Waals surface area contributed by atoms with E-state index < -0.39 is 18.5 Å². The number of primary amides is 2. The molecule has 6 N–H and O–H groups in total. The summed E-state index contributed by atoms with van der Waals surface area (Å²) < 4.78 is 8.36. The summed E-state index contributed by atoms with van der Waals surface area (Å²) in [6, 6.07) is 0. The van der Waals surface area contributed by atoms with Gasteiger partial charge in [0.15, 0.2) is 6.29 Å². The Hall–Kier alpha value is -1.54. The van der Waals surface area contributed by atoms with Crippen molar-refractivity contribution in [1.82, 2.24) is 0 Å². The molecule has 20 heavy (non-hydrogen) atoms. The summed E-state index contributed by atoms with van der Waals surface area (Å²) in [5.41, 5.74) is 9.08. The van der Waals surface area contributed by atoms with Gasteiger partial charge in [0.2, 0.25) is 0 Å². The molecule has 0 heterocycles. The summed E-state index contributed by atoms with van der Waals surface area (Å²) in [4.78, 5) is 19.2. The van der Waals surface area contributed by atoms with Crippen LogP contribution in [0, 0.1) is 0 Å². The van der Waals surface area contributed by atoms with Crippen LogP contribution in [-0.2, 0) is 9.47 Å². The zero-order valence-electron chi connectivity index (χ0n) is 12.5. The van der Waals surface area contributed by atoms with Crippen molar-refractivity contribution in [3.05, 3.63) is 0 Å². The molecule has 0 aromatic carbocycles. The van der Waals surface area contributed by atoms with Crippen LogP contribution in [0.15, 0.2) is 0 Å². The molecular formula is C12H28N2O6. The van der Waals surface area contributed by atoms with Crippen LogP contribution in [0.1, 0.15) is 46.5 Å². The first kappa shape index (κ1) is 23.5. The second-order valence-corrected chi connectivity index (χ2v) is 3.48. The Morgan fingerprint density at radius 3 is 1.50 bits per heavy atom. The quantitative estimate of drug-likeness (QED) is 0.426. The topological polar surface area (TPSA) is 145 Å². The van der Waals surface area contributed by atoms with Crippen LogP contribution in [0.25, 0.3) is 0 Å². The lowest BCUT2D eigenvalue weighted by Crippen LogP contribution is -2.11. The number of nitrogens with two attached hydrogens (primary N) is 2. The molecule has 0 saturated heterocycles. The number of hydrogen-bond donors (Lipinski definition) is 4. The lowest BCUT2D eigenvalue weighted by Gasteiger charge is -1.99. The average molecular weight is 296 g/mol. The van der Waals surface area contributed by atoms with Gasteiger partial charge < -0.3 is 31.2 Å². The number of carbonyl (C=O) groups is 2. The van der Waals surface area contributed by atoms with E-state index in [1.165, 1.54) is 0 Å². The van der Waals surface area contributed by atoms with Gasteiger partial charge in [0, 0.05) is 0 Å². The first-order valence-corrected chi connectivity index (χ1v) is 6.52. The van der Waals surface area contributed by atoms with E-state index >= 15 is 0 Å². The first-order valence-electron chi connectivity index (χ1n) is 6.52. The zero-order chi connectivity index (χ0) is 16.4. The number of aliphatic hydroxyl groups excluding tert-OH is 1. The fraction of sp³-hybridized carbons (Fsp3) is 0.833. The standard InChI is InChI=1S/C6H14O2.2C3H7NO2/c1-2-3-4-5-6(7)8;2*1-2-6-3(4)5/h6-8H,2-5H2,1H3;2*2H2,1H3,(H2,4,5). The van der Waals surface area contributed by atoms with Gasteiger partial charge in [-0.3, -0.25) is 0 Å². The molecular weight excluding hydrogens is 268 g/mol. The SMILES string of the molecule is CCCCCC(O)O.CCOC(N)=O.CCOC(N)=O.